The van der Waals surface area contributed by atoms with Gasteiger partial charge in [0.25, 0.3) is 5.91 Å². The number of carbonyl (C=O) groups excluding carboxylic acids is 2. The summed E-state index contributed by atoms with van der Waals surface area (Å²) in [6.45, 7) is 4.36. The molecule has 25 heavy (non-hydrogen) atoms. The van der Waals surface area contributed by atoms with Gasteiger partial charge in [-0.3, -0.25) is 9.59 Å². The first kappa shape index (κ1) is 18.4. The van der Waals surface area contributed by atoms with Gasteiger partial charge in [-0.05, 0) is 37.6 Å². The Hall–Kier alpha value is -2.89. The highest BCUT2D eigenvalue weighted by Crippen LogP contribution is 2.18. The van der Waals surface area contributed by atoms with Crippen molar-refractivity contribution in [2.75, 3.05) is 19.7 Å². The van der Waals surface area contributed by atoms with Crippen molar-refractivity contribution >= 4 is 11.8 Å². The van der Waals surface area contributed by atoms with Gasteiger partial charge in [0.2, 0.25) is 5.91 Å². The summed E-state index contributed by atoms with van der Waals surface area (Å²) in [5.74, 6) is -0.844. The first-order valence-corrected chi connectivity index (χ1v) is 7.97. The number of ether oxygens (including phenoxy) is 1. The van der Waals surface area contributed by atoms with E-state index >= 15 is 0 Å². The van der Waals surface area contributed by atoms with E-state index in [-0.39, 0.29) is 18.0 Å². The zero-order chi connectivity index (χ0) is 18.2. The molecule has 0 radical (unpaired) electrons. The maximum Gasteiger partial charge on any atom is 0.254 e. The summed E-state index contributed by atoms with van der Waals surface area (Å²) in [6, 6.07) is 11.5. The Kier molecular flexibility index (Phi) is 6.51. The molecule has 0 unspecified atom stereocenters. The van der Waals surface area contributed by atoms with Crippen LogP contribution in [0.3, 0.4) is 0 Å². The predicted octanol–water partition coefficient (Wildman–Crippen LogP) is 2.37. The second-order valence-corrected chi connectivity index (χ2v) is 5.63. The van der Waals surface area contributed by atoms with Gasteiger partial charge in [-0.1, -0.05) is 29.8 Å². The van der Waals surface area contributed by atoms with Crippen molar-refractivity contribution in [1.29, 1.82) is 0 Å². The van der Waals surface area contributed by atoms with Crippen LogP contribution in [0.4, 0.5) is 4.39 Å². The Morgan fingerprint density at radius 2 is 1.84 bits per heavy atom. The van der Waals surface area contributed by atoms with E-state index in [0.717, 1.165) is 16.9 Å². The number of hydrogen-bond acceptors (Lipinski definition) is 3. The van der Waals surface area contributed by atoms with Crippen molar-refractivity contribution in [3.05, 3.63) is 65.0 Å². The molecule has 0 atom stereocenters. The molecule has 0 aliphatic heterocycles. The third-order valence-corrected chi connectivity index (χ3v) is 3.54. The molecule has 2 rings (SSSR count). The van der Waals surface area contributed by atoms with Crippen LogP contribution >= 0.6 is 0 Å². The van der Waals surface area contributed by atoms with Gasteiger partial charge in [0.15, 0.2) is 0 Å². The second-order valence-electron chi connectivity index (χ2n) is 5.63. The van der Waals surface area contributed by atoms with Gasteiger partial charge in [-0.25, -0.2) is 4.39 Å². The Balaban J connectivity index is 1.69. The van der Waals surface area contributed by atoms with E-state index in [9.17, 15) is 14.0 Å². The molecule has 5 nitrogen and oxygen atoms in total. The highest BCUT2D eigenvalue weighted by molar-refractivity contribution is 5.96. The van der Waals surface area contributed by atoms with Gasteiger partial charge in [-0.15, -0.1) is 0 Å². The number of halogens is 1. The molecule has 6 heteroatoms. The molecule has 0 spiro atoms. The molecule has 0 heterocycles. The molecule has 132 valence electrons. The average Bonchev–Trinajstić information content (AvgIpc) is 2.58. The Bertz CT molecular complexity index is 762. The lowest BCUT2D eigenvalue weighted by atomic mass is 10.1. The van der Waals surface area contributed by atoms with Crippen molar-refractivity contribution < 1.29 is 18.7 Å². The highest BCUT2D eigenvalue weighted by atomic mass is 19.1. The molecule has 0 aliphatic carbocycles. The minimum atomic E-state index is -0.625. The van der Waals surface area contributed by atoms with Crippen molar-refractivity contribution in [3.63, 3.8) is 0 Å². The van der Waals surface area contributed by atoms with Crippen LogP contribution in [-0.2, 0) is 4.79 Å². The number of aryl methyl sites for hydroxylation is 2. The van der Waals surface area contributed by atoms with Crippen molar-refractivity contribution in [3.8, 4) is 5.75 Å². The number of hydrogen-bond donors (Lipinski definition) is 2. The lowest BCUT2D eigenvalue weighted by molar-refractivity contribution is -0.120. The Morgan fingerprint density at radius 3 is 2.56 bits per heavy atom. The zero-order valence-electron chi connectivity index (χ0n) is 14.3. The van der Waals surface area contributed by atoms with Gasteiger partial charge in [0.1, 0.15) is 18.2 Å². The lowest BCUT2D eigenvalue weighted by Crippen LogP contribution is -2.38. The van der Waals surface area contributed by atoms with Crippen molar-refractivity contribution in [2.24, 2.45) is 0 Å². The van der Waals surface area contributed by atoms with E-state index in [2.05, 4.69) is 10.6 Å². The smallest absolute Gasteiger partial charge is 0.254 e. The van der Waals surface area contributed by atoms with E-state index < -0.39 is 11.7 Å². The summed E-state index contributed by atoms with van der Waals surface area (Å²) in [5.41, 5.74) is 2.10. The minimum Gasteiger partial charge on any atom is -0.491 e. The molecule has 0 bridgehead atoms. The molecular weight excluding hydrogens is 323 g/mol. The van der Waals surface area contributed by atoms with Crippen LogP contribution in [0.15, 0.2) is 42.5 Å². The fraction of sp³-hybridized carbons (Fsp3) is 0.263. The number of benzene rings is 2. The number of amides is 2. The number of rotatable bonds is 7. The fourth-order valence-corrected chi connectivity index (χ4v) is 2.28. The molecule has 2 aromatic rings. The maximum atomic E-state index is 13.5. The van der Waals surface area contributed by atoms with Crippen LogP contribution < -0.4 is 15.4 Å². The van der Waals surface area contributed by atoms with Crippen molar-refractivity contribution in [1.82, 2.24) is 10.6 Å². The van der Waals surface area contributed by atoms with E-state index in [0.29, 0.717) is 13.2 Å². The van der Waals surface area contributed by atoms with Crippen LogP contribution in [0, 0.1) is 19.7 Å². The van der Waals surface area contributed by atoms with E-state index in [1.54, 1.807) is 6.07 Å². The third-order valence-electron chi connectivity index (χ3n) is 3.54. The van der Waals surface area contributed by atoms with Crippen molar-refractivity contribution in [2.45, 2.75) is 13.8 Å². The molecule has 0 aliphatic rings. The average molecular weight is 344 g/mol. The molecule has 2 N–H and O–H groups in total. The number of nitrogens with one attached hydrogen (secondary N) is 2. The molecule has 0 aromatic heterocycles. The normalized spacial score (nSPS) is 10.2. The molecule has 0 saturated carbocycles. The first-order chi connectivity index (χ1) is 12.0. The first-order valence-electron chi connectivity index (χ1n) is 7.97. The topological polar surface area (TPSA) is 67.4 Å². The minimum absolute atomic E-state index is 0.0894. The highest BCUT2D eigenvalue weighted by Gasteiger charge is 2.11. The molecule has 2 aromatic carbocycles. The van der Waals surface area contributed by atoms with Gasteiger partial charge >= 0.3 is 0 Å². The predicted molar refractivity (Wildman–Crippen MR) is 93.2 cm³/mol. The Morgan fingerprint density at radius 1 is 1.08 bits per heavy atom. The van der Waals surface area contributed by atoms with Crippen LogP contribution in [0.2, 0.25) is 0 Å². The SMILES string of the molecule is Cc1ccc(OCCNC(=O)CNC(=O)c2ccccc2F)c(C)c1. The summed E-state index contributed by atoms with van der Waals surface area (Å²) in [7, 11) is 0. The summed E-state index contributed by atoms with van der Waals surface area (Å²) in [5, 5.41) is 5.01. The fourth-order valence-electron chi connectivity index (χ4n) is 2.28. The van der Waals surface area contributed by atoms with Crippen LogP contribution in [0.5, 0.6) is 5.75 Å². The van der Waals surface area contributed by atoms with Gasteiger partial charge in [0, 0.05) is 0 Å². The van der Waals surface area contributed by atoms with E-state index in [1.165, 1.54) is 18.2 Å². The summed E-state index contributed by atoms with van der Waals surface area (Å²) in [6.07, 6.45) is 0. The summed E-state index contributed by atoms with van der Waals surface area (Å²) >= 11 is 0. The zero-order valence-corrected chi connectivity index (χ0v) is 14.3. The standard InChI is InChI=1S/C19H21FN2O3/c1-13-7-8-17(14(2)11-13)25-10-9-21-18(23)12-22-19(24)15-5-3-4-6-16(15)20/h3-8,11H,9-10,12H2,1-2H3,(H,21,23)(H,22,24). The van der Waals surface area contributed by atoms with Crippen LogP contribution in [-0.4, -0.2) is 31.5 Å². The molecule has 2 amide bonds. The number of carbonyl (C=O) groups is 2. The Labute approximate surface area is 146 Å². The molecular formula is C19H21FN2O3. The van der Waals surface area contributed by atoms with Gasteiger partial charge in [0.05, 0.1) is 18.7 Å². The quantitative estimate of drug-likeness (QED) is 0.758. The second kappa shape index (κ2) is 8.82. The largest absolute Gasteiger partial charge is 0.491 e. The van der Waals surface area contributed by atoms with E-state index in [4.69, 9.17) is 4.74 Å². The van der Waals surface area contributed by atoms with E-state index in [1.807, 2.05) is 32.0 Å². The third kappa shape index (κ3) is 5.60. The van der Waals surface area contributed by atoms with Crippen LogP contribution in [0.25, 0.3) is 0 Å². The van der Waals surface area contributed by atoms with Gasteiger partial charge in [-0.2, -0.15) is 0 Å². The van der Waals surface area contributed by atoms with Crippen LogP contribution in [0.1, 0.15) is 21.5 Å². The summed E-state index contributed by atoms with van der Waals surface area (Å²) < 4.78 is 19.1. The monoisotopic (exact) mass is 344 g/mol. The summed E-state index contributed by atoms with van der Waals surface area (Å²) in [4.78, 5) is 23.5. The lowest BCUT2D eigenvalue weighted by Gasteiger charge is -2.11. The molecule has 0 saturated heterocycles. The van der Waals surface area contributed by atoms with Gasteiger partial charge < -0.3 is 15.4 Å². The molecule has 0 fully saturated rings. The maximum absolute atomic E-state index is 13.5.